The van der Waals surface area contributed by atoms with Crippen molar-refractivity contribution in [3.05, 3.63) is 69.7 Å². The number of benzene rings is 2. The molecule has 13 heteroatoms. The molecule has 1 saturated carbocycles. The molecule has 1 aliphatic carbocycles. The average molecular weight is 659 g/mol. The quantitative estimate of drug-likeness (QED) is 0.373. The van der Waals surface area contributed by atoms with Crippen molar-refractivity contribution < 1.29 is 26.4 Å². The summed E-state index contributed by atoms with van der Waals surface area (Å²) in [5, 5.41) is 0.620. The van der Waals surface area contributed by atoms with Gasteiger partial charge in [0.2, 0.25) is 31.9 Å². The standard InChI is InChI=1S/C29H37Cl2N3O6S2/c1-5-23(18-33(3)42(39,40)24-13-14-24)34-27(19-9-11-21(30)12-10-19)25(20-7-6-8-22(31)15-20)16-29(2,28(34)36)17-26(35)32-41(4,37)38/h6-12,15,23-25,27H,5,13-14,16-18H2,1-4H3,(H,32,35)/t23-,25?,27+,29+/m0/s1. The zero-order valence-electron chi connectivity index (χ0n) is 24.1. The monoisotopic (exact) mass is 657 g/mol. The van der Waals surface area contributed by atoms with E-state index in [-0.39, 0.29) is 31.2 Å². The van der Waals surface area contributed by atoms with Crippen LogP contribution in [0.15, 0.2) is 48.5 Å². The largest absolute Gasteiger partial charge is 0.330 e. The zero-order chi connectivity index (χ0) is 31.0. The Bertz CT molecular complexity index is 1550. The van der Waals surface area contributed by atoms with E-state index in [1.54, 1.807) is 30.0 Å². The van der Waals surface area contributed by atoms with Crippen molar-refractivity contribution in [1.82, 2.24) is 13.9 Å². The maximum absolute atomic E-state index is 14.6. The van der Waals surface area contributed by atoms with Crippen molar-refractivity contribution >= 4 is 55.1 Å². The van der Waals surface area contributed by atoms with Gasteiger partial charge < -0.3 is 4.90 Å². The average Bonchev–Trinajstić information content (AvgIpc) is 3.74. The fourth-order valence-electron chi connectivity index (χ4n) is 5.98. The van der Waals surface area contributed by atoms with E-state index in [4.69, 9.17) is 23.2 Å². The van der Waals surface area contributed by atoms with Crippen LogP contribution >= 0.6 is 23.2 Å². The molecule has 4 rings (SSSR count). The van der Waals surface area contributed by atoms with Crippen molar-refractivity contribution in [2.45, 2.75) is 69.2 Å². The number of piperidine rings is 1. The van der Waals surface area contributed by atoms with Crippen LogP contribution < -0.4 is 4.72 Å². The molecule has 4 atom stereocenters. The number of hydrogen-bond acceptors (Lipinski definition) is 6. The van der Waals surface area contributed by atoms with Crippen LogP contribution in [0, 0.1) is 5.41 Å². The summed E-state index contributed by atoms with van der Waals surface area (Å²) in [6.07, 6.45) is 2.41. The van der Waals surface area contributed by atoms with Crippen LogP contribution in [-0.4, -0.2) is 69.0 Å². The zero-order valence-corrected chi connectivity index (χ0v) is 27.2. The van der Waals surface area contributed by atoms with Gasteiger partial charge in [-0.15, -0.1) is 0 Å². The third kappa shape index (κ3) is 7.30. The number of likely N-dealkylation sites (tertiary alicyclic amines) is 1. The molecule has 1 N–H and O–H groups in total. The summed E-state index contributed by atoms with van der Waals surface area (Å²) in [5.41, 5.74) is 0.335. The van der Waals surface area contributed by atoms with Crippen LogP contribution in [0.3, 0.4) is 0 Å². The normalized spacial score (nSPS) is 24.1. The molecular weight excluding hydrogens is 621 g/mol. The van der Waals surface area contributed by atoms with Gasteiger partial charge in [-0.2, -0.15) is 0 Å². The van der Waals surface area contributed by atoms with Gasteiger partial charge in [0.05, 0.1) is 23.0 Å². The van der Waals surface area contributed by atoms with Crippen molar-refractivity contribution in [2.75, 3.05) is 19.8 Å². The van der Waals surface area contributed by atoms with E-state index in [1.165, 1.54) is 11.4 Å². The molecule has 0 aromatic heterocycles. The Morgan fingerprint density at radius 2 is 1.71 bits per heavy atom. The van der Waals surface area contributed by atoms with Gasteiger partial charge in [0.1, 0.15) is 0 Å². The van der Waals surface area contributed by atoms with Crippen molar-refractivity contribution in [1.29, 1.82) is 0 Å². The number of likely N-dealkylation sites (N-methyl/N-ethyl adjacent to an activating group) is 1. The third-order valence-corrected chi connectivity index (χ3v) is 11.6. The first-order valence-electron chi connectivity index (χ1n) is 13.8. The second kappa shape index (κ2) is 12.4. The lowest BCUT2D eigenvalue weighted by Crippen LogP contribution is -2.58. The first kappa shape index (κ1) is 32.7. The van der Waals surface area contributed by atoms with Gasteiger partial charge in [-0.3, -0.25) is 14.3 Å². The van der Waals surface area contributed by atoms with Gasteiger partial charge in [-0.1, -0.05) is 61.3 Å². The number of nitrogens with one attached hydrogen (secondary N) is 1. The van der Waals surface area contributed by atoms with Crippen LogP contribution in [0.25, 0.3) is 0 Å². The third-order valence-electron chi connectivity index (χ3n) is 8.15. The maximum atomic E-state index is 14.6. The van der Waals surface area contributed by atoms with Gasteiger partial charge in [0.25, 0.3) is 0 Å². The molecule has 0 bridgehead atoms. The van der Waals surface area contributed by atoms with Gasteiger partial charge in [0.15, 0.2) is 0 Å². The Balaban J connectivity index is 1.86. The molecule has 2 fully saturated rings. The molecule has 2 amide bonds. The van der Waals surface area contributed by atoms with Crippen LogP contribution in [0.5, 0.6) is 0 Å². The molecule has 2 aromatic rings. The van der Waals surface area contributed by atoms with E-state index in [9.17, 15) is 26.4 Å². The maximum Gasteiger partial charge on any atom is 0.234 e. The molecule has 230 valence electrons. The highest BCUT2D eigenvalue weighted by molar-refractivity contribution is 7.90. The molecule has 0 radical (unpaired) electrons. The van der Waals surface area contributed by atoms with E-state index < -0.39 is 48.7 Å². The Kier molecular flexibility index (Phi) is 9.69. The van der Waals surface area contributed by atoms with E-state index in [2.05, 4.69) is 0 Å². The number of nitrogens with zero attached hydrogens (tertiary/aromatic N) is 2. The van der Waals surface area contributed by atoms with Crippen LogP contribution in [0.1, 0.15) is 69.0 Å². The number of carbonyl (C=O) groups excluding carboxylic acids is 2. The predicted octanol–water partition coefficient (Wildman–Crippen LogP) is 4.73. The highest BCUT2D eigenvalue weighted by atomic mass is 35.5. The first-order chi connectivity index (χ1) is 19.6. The van der Waals surface area contributed by atoms with Crippen LogP contribution in [0.2, 0.25) is 10.0 Å². The summed E-state index contributed by atoms with van der Waals surface area (Å²) < 4.78 is 53.2. The summed E-state index contributed by atoms with van der Waals surface area (Å²) >= 11 is 12.6. The second-order valence-corrected chi connectivity index (χ2v) is 16.6. The molecule has 1 heterocycles. The smallest absolute Gasteiger partial charge is 0.234 e. The Hall–Kier alpha value is -2.18. The predicted molar refractivity (Wildman–Crippen MR) is 164 cm³/mol. The minimum Gasteiger partial charge on any atom is -0.330 e. The molecule has 2 aliphatic rings. The van der Waals surface area contributed by atoms with Gasteiger partial charge >= 0.3 is 0 Å². The molecule has 42 heavy (non-hydrogen) atoms. The van der Waals surface area contributed by atoms with Crippen molar-refractivity contribution in [3.63, 3.8) is 0 Å². The molecule has 1 aliphatic heterocycles. The van der Waals surface area contributed by atoms with E-state index in [0.29, 0.717) is 29.3 Å². The van der Waals surface area contributed by atoms with Crippen LogP contribution in [-0.2, 0) is 29.6 Å². The highest BCUT2D eigenvalue weighted by Gasteiger charge is 2.53. The number of sulfonamides is 2. The fourth-order valence-corrected chi connectivity index (χ4v) is 8.41. The highest BCUT2D eigenvalue weighted by Crippen LogP contribution is 2.52. The lowest BCUT2D eigenvalue weighted by atomic mass is 9.67. The summed E-state index contributed by atoms with van der Waals surface area (Å²) in [6.45, 7) is 3.63. The molecule has 9 nitrogen and oxygen atoms in total. The lowest BCUT2D eigenvalue weighted by Gasteiger charge is -2.52. The number of halogens is 2. The Morgan fingerprint density at radius 3 is 2.26 bits per heavy atom. The fraction of sp³-hybridized carbons (Fsp3) is 0.517. The minimum absolute atomic E-state index is 0.0685. The van der Waals surface area contributed by atoms with Crippen molar-refractivity contribution in [3.8, 4) is 0 Å². The molecular formula is C29H37Cl2N3O6S2. The Morgan fingerprint density at radius 1 is 1.07 bits per heavy atom. The summed E-state index contributed by atoms with van der Waals surface area (Å²) in [7, 11) is -5.83. The van der Waals surface area contributed by atoms with Crippen LogP contribution in [0.4, 0.5) is 0 Å². The van der Waals surface area contributed by atoms with E-state index >= 15 is 0 Å². The molecule has 2 aromatic carbocycles. The lowest BCUT2D eigenvalue weighted by molar-refractivity contribution is -0.157. The summed E-state index contributed by atoms with van der Waals surface area (Å²) in [5.74, 6) is -1.50. The Labute approximate surface area is 258 Å². The van der Waals surface area contributed by atoms with Gasteiger partial charge in [-0.25, -0.2) is 21.1 Å². The summed E-state index contributed by atoms with van der Waals surface area (Å²) in [6, 6.07) is 13.4. The number of rotatable bonds is 11. The topological polar surface area (TPSA) is 121 Å². The molecule has 1 saturated heterocycles. The first-order valence-corrected chi connectivity index (χ1v) is 18.0. The SMILES string of the molecule is CC[C@@H](CN(C)S(=O)(=O)C1CC1)N1C(=O)[C@@](C)(CC(=O)NS(C)(=O)=O)CC(c2cccc(Cl)c2)[C@H]1c1ccc(Cl)cc1. The number of amides is 2. The second-order valence-electron chi connectivity index (χ2n) is 11.7. The molecule has 0 spiro atoms. The van der Waals surface area contributed by atoms with E-state index in [0.717, 1.165) is 17.4 Å². The van der Waals surface area contributed by atoms with Gasteiger partial charge in [0, 0.05) is 42.0 Å². The van der Waals surface area contributed by atoms with Gasteiger partial charge in [-0.05, 0) is 61.1 Å². The summed E-state index contributed by atoms with van der Waals surface area (Å²) in [4.78, 5) is 29.2. The van der Waals surface area contributed by atoms with E-state index in [1.807, 2.05) is 42.0 Å². The minimum atomic E-state index is -3.84. The van der Waals surface area contributed by atoms with Crippen molar-refractivity contribution in [2.24, 2.45) is 5.41 Å². The number of carbonyl (C=O) groups is 2. The number of hydrogen-bond donors (Lipinski definition) is 1. The molecule has 1 unspecified atom stereocenters.